The number of aryl methyl sites for hydroxylation is 1. The third kappa shape index (κ3) is 7.31. The standard InChI is InChI=1S/C24H25N.C6H7N.4CH4/c1-3-19(20-11-5-4-6-12-20)17-18(2)25-23-15-9-7-13-21(23)22-14-8-10-16-24(22)25;1-6-4-2-3-5-7-6;;;;/h4-16,18-19H,3,17H2,1-2H3;2-5H,1H3;4*1H4. The highest BCUT2D eigenvalue weighted by Crippen LogP contribution is 2.36. The van der Waals surface area contributed by atoms with Crippen molar-refractivity contribution in [1.29, 1.82) is 0 Å². The minimum Gasteiger partial charge on any atom is -0.338 e. The zero-order chi connectivity index (χ0) is 22.3. The van der Waals surface area contributed by atoms with Gasteiger partial charge in [-0.3, -0.25) is 4.98 Å². The second-order valence-corrected chi connectivity index (χ2v) is 8.48. The largest absolute Gasteiger partial charge is 0.338 e. The molecular weight excluding hydrogens is 436 g/mol. The Bertz CT molecular complexity index is 1200. The lowest BCUT2D eigenvalue weighted by Gasteiger charge is -2.23. The van der Waals surface area contributed by atoms with E-state index in [-0.39, 0.29) is 29.7 Å². The zero-order valence-corrected chi connectivity index (χ0v) is 19.3. The quantitative estimate of drug-likeness (QED) is 0.242. The molecule has 0 fully saturated rings. The number of rotatable bonds is 5. The molecule has 0 N–H and O–H groups in total. The molecule has 0 aliphatic heterocycles. The third-order valence-electron chi connectivity index (χ3n) is 6.26. The molecule has 0 aliphatic carbocycles. The van der Waals surface area contributed by atoms with Crippen LogP contribution in [0.5, 0.6) is 0 Å². The maximum Gasteiger partial charge on any atom is 0.0493 e. The van der Waals surface area contributed by atoms with Gasteiger partial charge >= 0.3 is 0 Å². The summed E-state index contributed by atoms with van der Waals surface area (Å²) in [6.07, 6.45) is 4.12. The van der Waals surface area contributed by atoms with Crippen molar-refractivity contribution in [2.45, 2.75) is 75.3 Å². The molecule has 0 radical (unpaired) electrons. The second-order valence-electron chi connectivity index (χ2n) is 8.48. The van der Waals surface area contributed by atoms with E-state index in [1.165, 1.54) is 33.8 Å². The second kappa shape index (κ2) is 15.6. The van der Waals surface area contributed by atoms with E-state index in [1.54, 1.807) is 6.20 Å². The van der Waals surface area contributed by atoms with E-state index >= 15 is 0 Å². The predicted molar refractivity (Wildman–Crippen MR) is 164 cm³/mol. The SMILES string of the molecule is C.C.C.C.CCC(CC(C)n1c2ccccc2c2ccccc21)c1ccccc1.Cc1ccccn1. The van der Waals surface area contributed by atoms with Gasteiger partial charge in [-0.15, -0.1) is 0 Å². The summed E-state index contributed by atoms with van der Waals surface area (Å²) in [4.78, 5) is 3.98. The minimum atomic E-state index is 0. The van der Waals surface area contributed by atoms with Gasteiger partial charge in [-0.1, -0.05) is 109 Å². The fourth-order valence-electron chi connectivity index (χ4n) is 4.66. The molecule has 2 nitrogen and oxygen atoms in total. The van der Waals surface area contributed by atoms with Crippen LogP contribution in [0.4, 0.5) is 0 Å². The molecule has 0 saturated carbocycles. The van der Waals surface area contributed by atoms with Crippen molar-refractivity contribution >= 4 is 21.8 Å². The van der Waals surface area contributed by atoms with Crippen LogP contribution in [0.1, 0.15) is 79.6 Å². The van der Waals surface area contributed by atoms with Crippen molar-refractivity contribution in [3.63, 3.8) is 0 Å². The van der Waals surface area contributed by atoms with Gasteiger partial charge < -0.3 is 4.57 Å². The van der Waals surface area contributed by atoms with Gasteiger partial charge in [-0.25, -0.2) is 0 Å². The molecule has 2 unspecified atom stereocenters. The summed E-state index contributed by atoms with van der Waals surface area (Å²) in [6.45, 7) is 6.64. The van der Waals surface area contributed by atoms with Crippen molar-refractivity contribution in [2.75, 3.05) is 0 Å². The molecule has 2 atom stereocenters. The molecule has 2 heterocycles. The average molecular weight is 485 g/mol. The summed E-state index contributed by atoms with van der Waals surface area (Å²) in [7, 11) is 0. The number of hydrogen-bond acceptors (Lipinski definition) is 1. The summed E-state index contributed by atoms with van der Waals surface area (Å²) in [5.74, 6) is 0.594. The van der Waals surface area contributed by atoms with Gasteiger partial charge in [0.05, 0.1) is 0 Å². The van der Waals surface area contributed by atoms with Crippen molar-refractivity contribution in [1.82, 2.24) is 9.55 Å². The fourth-order valence-corrected chi connectivity index (χ4v) is 4.66. The maximum absolute atomic E-state index is 3.98. The van der Waals surface area contributed by atoms with Crippen LogP contribution < -0.4 is 0 Å². The van der Waals surface area contributed by atoms with Crippen molar-refractivity contribution in [3.05, 3.63) is 115 Å². The Morgan fingerprint density at radius 3 is 1.61 bits per heavy atom. The first-order valence-electron chi connectivity index (χ1n) is 11.6. The van der Waals surface area contributed by atoms with Crippen LogP contribution in [0.2, 0.25) is 0 Å². The molecule has 0 saturated heterocycles. The number of para-hydroxylation sites is 2. The van der Waals surface area contributed by atoms with Crippen LogP contribution in [-0.4, -0.2) is 9.55 Å². The molecule has 0 spiro atoms. The van der Waals surface area contributed by atoms with Crippen LogP contribution in [0, 0.1) is 6.92 Å². The van der Waals surface area contributed by atoms with Gasteiger partial charge in [0.15, 0.2) is 0 Å². The molecule has 36 heavy (non-hydrogen) atoms. The van der Waals surface area contributed by atoms with Crippen molar-refractivity contribution in [3.8, 4) is 0 Å². The van der Waals surface area contributed by atoms with Crippen LogP contribution in [-0.2, 0) is 0 Å². The minimum absolute atomic E-state index is 0. The molecule has 194 valence electrons. The van der Waals surface area contributed by atoms with Crippen molar-refractivity contribution < 1.29 is 0 Å². The van der Waals surface area contributed by atoms with Crippen LogP contribution in [0.15, 0.2) is 103 Å². The molecular formula is C34H48N2. The Labute approximate surface area is 221 Å². The Hall–Kier alpha value is -3.39. The van der Waals surface area contributed by atoms with Crippen LogP contribution in [0.25, 0.3) is 21.8 Å². The maximum atomic E-state index is 3.98. The molecule has 0 bridgehead atoms. The zero-order valence-electron chi connectivity index (χ0n) is 19.3. The highest BCUT2D eigenvalue weighted by Gasteiger charge is 2.19. The summed E-state index contributed by atoms with van der Waals surface area (Å²) >= 11 is 0. The van der Waals surface area contributed by atoms with Crippen LogP contribution >= 0.6 is 0 Å². The van der Waals surface area contributed by atoms with Crippen molar-refractivity contribution in [2.24, 2.45) is 0 Å². The van der Waals surface area contributed by atoms with E-state index in [4.69, 9.17) is 0 Å². The summed E-state index contributed by atoms with van der Waals surface area (Å²) in [5, 5.41) is 2.72. The molecule has 0 aliphatic rings. The smallest absolute Gasteiger partial charge is 0.0493 e. The molecule has 2 aromatic heterocycles. The Kier molecular flexibility index (Phi) is 14.1. The predicted octanol–water partition coefficient (Wildman–Crippen LogP) is 10.9. The van der Waals surface area contributed by atoms with Gasteiger partial charge in [0, 0.05) is 39.7 Å². The normalized spacial score (nSPS) is 11.4. The Morgan fingerprint density at radius 2 is 1.17 bits per heavy atom. The number of nitrogens with zero attached hydrogens (tertiary/aromatic N) is 2. The van der Waals surface area contributed by atoms with Gasteiger partial charge in [0.25, 0.3) is 0 Å². The lowest BCUT2D eigenvalue weighted by molar-refractivity contribution is 0.462. The number of fused-ring (bicyclic) bond motifs is 3. The lowest BCUT2D eigenvalue weighted by atomic mass is 9.90. The average Bonchev–Trinajstić information content (AvgIpc) is 3.18. The summed E-state index contributed by atoms with van der Waals surface area (Å²) < 4.78 is 2.54. The van der Waals surface area contributed by atoms with E-state index in [9.17, 15) is 0 Å². The van der Waals surface area contributed by atoms with Gasteiger partial charge in [0.2, 0.25) is 0 Å². The molecule has 5 rings (SSSR count). The monoisotopic (exact) mass is 484 g/mol. The van der Waals surface area contributed by atoms with E-state index in [2.05, 4.69) is 102 Å². The summed E-state index contributed by atoms with van der Waals surface area (Å²) in [5.41, 5.74) is 5.22. The molecule has 5 aromatic rings. The number of aromatic nitrogens is 2. The van der Waals surface area contributed by atoms with E-state index in [0.717, 1.165) is 12.1 Å². The highest BCUT2D eigenvalue weighted by atomic mass is 15.0. The van der Waals surface area contributed by atoms with Crippen LogP contribution in [0.3, 0.4) is 0 Å². The number of benzene rings is 3. The fraction of sp³-hybridized carbons (Fsp3) is 0.324. The Morgan fingerprint density at radius 1 is 0.667 bits per heavy atom. The topological polar surface area (TPSA) is 17.8 Å². The third-order valence-corrected chi connectivity index (χ3v) is 6.26. The van der Waals surface area contributed by atoms with E-state index in [0.29, 0.717) is 12.0 Å². The lowest BCUT2D eigenvalue weighted by Crippen LogP contribution is -2.10. The first-order valence-corrected chi connectivity index (χ1v) is 11.6. The summed E-state index contributed by atoms with van der Waals surface area (Å²) in [6, 6.07) is 34.9. The highest BCUT2D eigenvalue weighted by molar-refractivity contribution is 6.08. The van der Waals surface area contributed by atoms with E-state index in [1.807, 2.05) is 25.1 Å². The Balaban J connectivity index is 0.000000975. The molecule has 2 heteroatoms. The van der Waals surface area contributed by atoms with E-state index < -0.39 is 0 Å². The first kappa shape index (κ1) is 32.6. The van der Waals surface area contributed by atoms with Gasteiger partial charge in [-0.05, 0) is 62.4 Å². The van der Waals surface area contributed by atoms with Gasteiger partial charge in [0.1, 0.15) is 0 Å². The molecule has 3 aromatic carbocycles. The number of pyridine rings is 1. The molecule has 0 amide bonds. The van der Waals surface area contributed by atoms with Gasteiger partial charge in [-0.2, -0.15) is 0 Å². The number of hydrogen-bond donors (Lipinski definition) is 0. The first-order chi connectivity index (χ1) is 15.7.